The van der Waals surface area contributed by atoms with Gasteiger partial charge in [-0.15, -0.1) is 0 Å². The van der Waals surface area contributed by atoms with Gasteiger partial charge in [0.25, 0.3) is 0 Å². The first-order chi connectivity index (χ1) is 9.40. The Kier molecular flexibility index (Phi) is 4.51. The number of benzene rings is 2. The molecule has 0 aliphatic rings. The lowest BCUT2D eigenvalue weighted by atomic mass is 9.96. The van der Waals surface area contributed by atoms with Crippen molar-refractivity contribution >= 4 is 21.6 Å². The summed E-state index contributed by atoms with van der Waals surface area (Å²) < 4.78 is 1.14. The molecule has 0 heterocycles. The molecule has 0 saturated heterocycles. The quantitative estimate of drug-likeness (QED) is 0.869. The van der Waals surface area contributed by atoms with Crippen LogP contribution in [0.4, 0.5) is 5.69 Å². The average molecular weight is 334 g/mol. The largest absolute Gasteiger partial charge is 0.384 e. The van der Waals surface area contributed by atoms with Crippen molar-refractivity contribution in [1.29, 1.82) is 0 Å². The summed E-state index contributed by atoms with van der Waals surface area (Å²) in [6.45, 7) is 6.43. The number of halogens is 1. The predicted octanol–water partition coefficient (Wildman–Crippen LogP) is 4.39. The van der Waals surface area contributed by atoms with Crippen LogP contribution in [0.1, 0.15) is 23.6 Å². The van der Waals surface area contributed by atoms with E-state index in [9.17, 15) is 5.11 Å². The topological polar surface area (TPSA) is 32.3 Å². The van der Waals surface area contributed by atoms with Crippen molar-refractivity contribution in [3.05, 3.63) is 63.6 Å². The molecule has 0 bridgehead atoms. The molecule has 1 atom stereocenters. The third-order valence-electron chi connectivity index (χ3n) is 3.47. The number of aryl methyl sites for hydroxylation is 2. The highest BCUT2D eigenvalue weighted by atomic mass is 79.9. The molecule has 0 aliphatic heterocycles. The molecule has 1 unspecified atom stereocenters. The maximum Gasteiger partial charge on any atom is 0.104 e. The zero-order valence-corrected chi connectivity index (χ0v) is 13.7. The van der Waals surface area contributed by atoms with Gasteiger partial charge in [-0.1, -0.05) is 46.3 Å². The molecule has 2 aromatic carbocycles. The number of hydrogen-bond acceptors (Lipinski definition) is 2. The van der Waals surface area contributed by atoms with Crippen LogP contribution < -0.4 is 5.32 Å². The summed E-state index contributed by atoms with van der Waals surface area (Å²) in [5.41, 5.74) is 3.42. The van der Waals surface area contributed by atoms with Gasteiger partial charge in [0.15, 0.2) is 0 Å². The van der Waals surface area contributed by atoms with Gasteiger partial charge in [-0.25, -0.2) is 0 Å². The highest BCUT2D eigenvalue weighted by Gasteiger charge is 2.22. The minimum atomic E-state index is -0.893. The van der Waals surface area contributed by atoms with Gasteiger partial charge in [0, 0.05) is 16.7 Å². The van der Waals surface area contributed by atoms with Crippen LogP contribution >= 0.6 is 15.9 Å². The lowest BCUT2D eigenvalue weighted by Gasteiger charge is -2.25. The Balaban J connectivity index is 2.12. The minimum absolute atomic E-state index is 0.470. The highest BCUT2D eigenvalue weighted by Crippen LogP contribution is 2.26. The lowest BCUT2D eigenvalue weighted by Crippen LogP contribution is -2.30. The fraction of sp³-hybridized carbons (Fsp3) is 0.294. The first kappa shape index (κ1) is 15.1. The van der Waals surface area contributed by atoms with Crippen molar-refractivity contribution in [2.45, 2.75) is 26.4 Å². The Labute approximate surface area is 129 Å². The molecule has 0 aliphatic carbocycles. The normalized spacial score (nSPS) is 13.8. The SMILES string of the molecule is Cc1cc(NCC(C)(O)c2ccccc2)cc(C)c1Br. The molecule has 0 saturated carbocycles. The van der Waals surface area contributed by atoms with Crippen molar-refractivity contribution in [1.82, 2.24) is 0 Å². The maximum atomic E-state index is 10.6. The van der Waals surface area contributed by atoms with Crippen LogP contribution in [0.25, 0.3) is 0 Å². The molecule has 2 aromatic rings. The summed E-state index contributed by atoms with van der Waals surface area (Å²) in [7, 11) is 0. The first-order valence-electron chi connectivity index (χ1n) is 6.69. The molecule has 20 heavy (non-hydrogen) atoms. The number of nitrogens with one attached hydrogen (secondary N) is 1. The number of anilines is 1. The van der Waals surface area contributed by atoms with E-state index in [1.54, 1.807) is 0 Å². The average Bonchev–Trinajstić information content (AvgIpc) is 2.43. The molecular formula is C17H20BrNO. The van der Waals surface area contributed by atoms with Gasteiger partial charge in [-0.3, -0.25) is 0 Å². The summed E-state index contributed by atoms with van der Waals surface area (Å²) in [4.78, 5) is 0. The summed E-state index contributed by atoms with van der Waals surface area (Å²) in [6.07, 6.45) is 0. The van der Waals surface area contributed by atoms with Gasteiger partial charge >= 0.3 is 0 Å². The molecule has 2 N–H and O–H groups in total. The van der Waals surface area contributed by atoms with Crippen molar-refractivity contribution in [3.8, 4) is 0 Å². The number of aliphatic hydroxyl groups is 1. The molecule has 0 spiro atoms. The molecule has 0 aromatic heterocycles. The minimum Gasteiger partial charge on any atom is -0.384 e. The highest BCUT2D eigenvalue weighted by molar-refractivity contribution is 9.10. The molecular weight excluding hydrogens is 314 g/mol. The van der Waals surface area contributed by atoms with Crippen LogP contribution in [0.15, 0.2) is 46.9 Å². The second-order valence-electron chi connectivity index (χ2n) is 5.42. The molecule has 2 rings (SSSR count). The Morgan fingerprint density at radius 3 is 2.20 bits per heavy atom. The molecule has 0 fully saturated rings. The Morgan fingerprint density at radius 2 is 1.65 bits per heavy atom. The number of hydrogen-bond donors (Lipinski definition) is 2. The second kappa shape index (κ2) is 5.98. The van der Waals surface area contributed by atoms with E-state index in [-0.39, 0.29) is 0 Å². The van der Waals surface area contributed by atoms with Crippen LogP contribution in [0.3, 0.4) is 0 Å². The molecule has 3 heteroatoms. The van der Waals surface area contributed by atoms with E-state index < -0.39 is 5.60 Å². The smallest absolute Gasteiger partial charge is 0.104 e. The lowest BCUT2D eigenvalue weighted by molar-refractivity contribution is 0.0715. The fourth-order valence-electron chi connectivity index (χ4n) is 2.22. The van der Waals surface area contributed by atoms with E-state index in [1.165, 1.54) is 11.1 Å². The van der Waals surface area contributed by atoms with Gasteiger partial charge < -0.3 is 10.4 Å². The monoisotopic (exact) mass is 333 g/mol. The molecule has 0 amide bonds. The maximum absolute atomic E-state index is 10.6. The van der Waals surface area contributed by atoms with Gasteiger partial charge in [0.05, 0.1) is 0 Å². The molecule has 0 radical (unpaired) electrons. The summed E-state index contributed by atoms with van der Waals surface area (Å²) in [5, 5.41) is 13.9. The van der Waals surface area contributed by atoms with Crippen molar-refractivity contribution in [3.63, 3.8) is 0 Å². The first-order valence-corrected chi connectivity index (χ1v) is 7.48. The van der Waals surface area contributed by atoms with Crippen LogP contribution in [0.2, 0.25) is 0 Å². The van der Waals surface area contributed by atoms with Crippen LogP contribution in [-0.2, 0) is 5.60 Å². The van der Waals surface area contributed by atoms with E-state index in [0.29, 0.717) is 6.54 Å². The van der Waals surface area contributed by atoms with E-state index in [2.05, 4.69) is 47.2 Å². The van der Waals surface area contributed by atoms with Crippen LogP contribution in [0, 0.1) is 13.8 Å². The van der Waals surface area contributed by atoms with Crippen LogP contribution in [0.5, 0.6) is 0 Å². The zero-order chi connectivity index (χ0) is 14.8. The predicted molar refractivity (Wildman–Crippen MR) is 88.1 cm³/mol. The van der Waals surface area contributed by atoms with Gasteiger partial charge in [-0.05, 0) is 49.6 Å². The Bertz CT molecular complexity index is 570. The Morgan fingerprint density at radius 1 is 1.10 bits per heavy atom. The standard InChI is InChI=1S/C17H20BrNO/c1-12-9-15(10-13(2)16(12)18)19-11-17(3,20)14-7-5-4-6-8-14/h4-10,19-20H,11H2,1-3H3. The summed E-state index contributed by atoms with van der Waals surface area (Å²) >= 11 is 3.56. The van der Waals surface area contributed by atoms with E-state index in [4.69, 9.17) is 0 Å². The van der Waals surface area contributed by atoms with Gasteiger partial charge in [0.2, 0.25) is 0 Å². The summed E-state index contributed by atoms with van der Waals surface area (Å²) in [6, 6.07) is 13.9. The van der Waals surface area contributed by atoms with Gasteiger partial charge in [-0.2, -0.15) is 0 Å². The molecule has 106 valence electrons. The van der Waals surface area contributed by atoms with Crippen molar-refractivity contribution in [2.75, 3.05) is 11.9 Å². The van der Waals surface area contributed by atoms with Crippen molar-refractivity contribution in [2.24, 2.45) is 0 Å². The molecule has 2 nitrogen and oxygen atoms in total. The van der Waals surface area contributed by atoms with E-state index >= 15 is 0 Å². The van der Waals surface area contributed by atoms with E-state index in [0.717, 1.165) is 15.7 Å². The fourth-order valence-corrected chi connectivity index (χ4v) is 2.45. The third kappa shape index (κ3) is 3.41. The van der Waals surface area contributed by atoms with Crippen molar-refractivity contribution < 1.29 is 5.11 Å². The number of rotatable bonds is 4. The summed E-state index contributed by atoms with van der Waals surface area (Å²) in [5.74, 6) is 0. The van der Waals surface area contributed by atoms with Crippen LogP contribution in [-0.4, -0.2) is 11.7 Å². The Hall–Kier alpha value is -1.32. The second-order valence-corrected chi connectivity index (χ2v) is 6.21. The zero-order valence-electron chi connectivity index (χ0n) is 12.1. The third-order valence-corrected chi connectivity index (χ3v) is 4.72. The van der Waals surface area contributed by atoms with Gasteiger partial charge in [0.1, 0.15) is 5.60 Å². The van der Waals surface area contributed by atoms with E-state index in [1.807, 2.05) is 37.3 Å².